The Hall–Kier alpha value is -2.87. The van der Waals surface area contributed by atoms with Crippen molar-refractivity contribution in [3.8, 4) is 18.2 Å². The Bertz CT molecular complexity index is 694. The molecule has 1 aliphatic carbocycles. The van der Waals surface area contributed by atoms with E-state index in [1.165, 1.54) is 0 Å². The van der Waals surface area contributed by atoms with E-state index in [1.54, 1.807) is 0 Å². The smallest absolute Gasteiger partial charge is 0.139 e. The van der Waals surface area contributed by atoms with Gasteiger partial charge in [0.05, 0.1) is 17.7 Å². The first kappa shape index (κ1) is 14.5. The van der Waals surface area contributed by atoms with Crippen molar-refractivity contribution in [1.29, 1.82) is 21.2 Å². The number of hydrogen-bond donors (Lipinski definition) is 2. The molecule has 0 saturated heterocycles. The number of nitrogens with two attached hydrogens (primary N) is 1. The highest BCUT2D eigenvalue weighted by Crippen LogP contribution is 2.51. The number of hydrogen-bond acceptors (Lipinski definition) is 6. The summed E-state index contributed by atoms with van der Waals surface area (Å²) in [4.78, 5) is 4.07. The first-order chi connectivity index (χ1) is 10.1. The second kappa shape index (κ2) is 5.63. The minimum atomic E-state index is -0.679. The third kappa shape index (κ3) is 2.11. The standard InChI is InChI=1S/C15H14N6/c16-6-10(7-17)13-11(8-18)15(4-2-1-3-5-15)12(9-19)14(20)21-13/h12,16H,1-5H2,(H2,20,21). The van der Waals surface area contributed by atoms with Gasteiger partial charge in [-0.3, -0.25) is 5.41 Å². The minimum Gasteiger partial charge on any atom is -0.386 e. The first-order valence-electron chi connectivity index (χ1n) is 6.73. The van der Waals surface area contributed by atoms with Crippen LogP contribution in [-0.2, 0) is 0 Å². The fraction of sp³-hybridized carbons (Fsp3) is 0.467. The molecular weight excluding hydrogens is 264 g/mol. The fourth-order valence-electron chi connectivity index (χ4n) is 3.31. The lowest BCUT2D eigenvalue weighted by Crippen LogP contribution is -2.44. The Morgan fingerprint density at radius 1 is 1.24 bits per heavy atom. The summed E-state index contributed by atoms with van der Waals surface area (Å²) in [6.07, 6.45) is 4.20. The second-order valence-electron chi connectivity index (χ2n) is 5.26. The topological polar surface area (TPSA) is 134 Å². The van der Waals surface area contributed by atoms with Gasteiger partial charge < -0.3 is 5.73 Å². The minimum absolute atomic E-state index is 0.112. The number of nitrogens with zero attached hydrogens (tertiary/aromatic N) is 4. The monoisotopic (exact) mass is 278 g/mol. The molecule has 0 aromatic carbocycles. The summed E-state index contributed by atoms with van der Waals surface area (Å²) in [6.45, 7) is 0. The summed E-state index contributed by atoms with van der Waals surface area (Å²) in [7, 11) is 0. The van der Waals surface area contributed by atoms with E-state index in [1.807, 2.05) is 11.9 Å². The molecule has 1 aliphatic heterocycles. The maximum absolute atomic E-state index is 9.58. The zero-order valence-corrected chi connectivity index (χ0v) is 11.5. The lowest BCUT2D eigenvalue weighted by molar-refractivity contribution is 0.214. The predicted molar refractivity (Wildman–Crippen MR) is 75.7 cm³/mol. The highest BCUT2D eigenvalue weighted by molar-refractivity contribution is 5.91. The zero-order valence-electron chi connectivity index (χ0n) is 11.5. The van der Waals surface area contributed by atoms with Crippen LogP contribution in [0.3, 0.4) is 0 Å². The van der Waals surface area contributed by atoms with Crippen LogP contribution < -0.4 is 5.73 Å². The molecule has 2 aliphatic rings. The van der Waals surface area contributed by atoms with Gasteiger partial charge in [0.2, 0.25) is 0 Å². The molecule has 1 fully saturated rings. The zero-order chi connectivity index (χ0) is 15.5. The highest BCUT2D eigenvalue weighted by atomic mass is 14.9. The maximum atomic E-state index is 9.58. The molecule has 0 aromatic heterocycles. The molecule has 1 atom stereocenters. The van der Waals surface area contributed by atoms with Crippen LogP contribution in [-0.4, -0.2) is 11.7 Å². The molecule has 0 aromatic rings. The molecule has 1 unspecified atom stereocenters. The average molecular weight is 278 g/mol. The molecule has 6 nitrogen and oxygen atoms in total. The van der Waals surface area contributed by atoms with Crippen LogP contribution in [0.2, 0.25) is 0 Å². The van der Waals surface area contributed by atoms with Crippen LogP contribution in [0.15, 0.2) is 21.8 Å². The van der Waals surface area contributed by atoms with E-state index in [-0.39, 0.29) is 17.1 Å². The van der Waals surface area contributed by atoms with Gasteiger partial charge >= 0.3 is 0 Å². The van der Waals surface area contributed by atoms with Gasteiger partial charge in [-0.2, -0.15) is 15.8 Å². The summed E-state index contributed by atoms with van der Waals surface area (Å²) in [5.41, 5.74) is 5.54. The summed E-state index contributed by atoms with van der Waals surface area (Å²) in [5, 5.41) is 35.3. The van der Waals surface area contributed by atoms with Crippen molar-refractivity contribution in [1.82, 2.24) is 0 Å². The molecule has 0 amide bonds. The van der Waals surface area contributed by atoms with Crippen molar-refractivity contribution in [2.45, 2.75) is 32.1 Å². The quantitative estimate of drug-likeness (QED) is 0.559. The van der Waals surface area contributed by atoms with E-state index in [4.69, 9.17) is 16.4 Å². The SMILES string of the molecule is N#CC(=C=N)C1=C(C#N)C2(CCCCC2)C(C#N)C(N)=N1. The van der Waals surface area contributed by atoms with Crippen LogP contribution >= 0.6 is 0 Å². The Kier molecular flexibility index (Phi) is 3.90. The van der Waals surface area contributed by atoms with Gasteiger partial charge in [0.1, 0.15) is 29.1 Å². The van der Waals surface area contributed by atoms with Gasteiger partial charge in [0.15, 0.2) is 0 Å². The maximum Gasteiger partial charge on any atom is 0.139 e. The van der Waals surface area contributed by atoms with Crippen LogP contribution in [0.1, 0.15) is 32.1 Å². The normalized spacial score (nSPS) is 23.3. The number of allylic oxidation sites excluding steroid dienone is 2. The summed E-state index contributed by atoms with van der Waals surface area (Å²) in [6, 6.07) is 6.12. The molecule has 6 heteroatoms. The lowest BCUT2D eigenvalue weighted by Gasteiger charge is -2.42. The number of aliphatic imine (C=N–C) groups is 1. The van der Waals surface area contributed by atoms with Crippen molar-refractivity contribution in [3.63, 3.8) is 0 Å². The van der Waals surface area contributed by atoms with Crippen molar-refractivity contribution < 1.29 is 0 Å². The Morgan fingerprint density at radius 3 is 2.38 bits per heavy atom. The molecule has 1 saturated carbocycles. The summed E-state index contributed by atoms with van der Waals surface area (Å²) < 4.78 is 0. The van der Waals surface area contributed by atoms with E-state index in [9.17, 15) is 10.5 Å². The second-order valence-corrected chi connectivity index (χ2v) is 5.26. The van der Waals surface area contributed by atoms with Crippen LogP contribution in [0, 0.1) is 50.7 Å². The van der Waals surface area contributed by atoms with Gasteiger partial charge in [-0.1, -0.05) is 19.3 Å². The van der Waals surface area contributed by atoms with Crippen molar-refractivity contribution in [3.05, 3.63) is 16.8 Å². The molecule has 1 heterocycles. The van der Waals surface area contributed by atoms with Crippen molar-refractivity contribution >= 4 is 11.7 Å². The van der Waals surface area contributed by atoms with E-state index in [2.05, 4.69) is 17.1 Å². The van der Waals surface area contributed by atoms with Gasteiger partial charge in [-0.15, -0.1) is 0 Å². The molecule has 21 heavy (non-hydrogen) atoms. The van der Waals surface area contributed by atoms with Gasteiger partial charge in [0.25, 0.3) is 0 Å². The van der Waals surface area contributed by atoms with E-state index in [0.717, 1.165) is 19.3 Å². The van der Waals surface area contributed by atoms with E-state index >= 15 is 0 Å². The molecule has 0 bridgehead atoms. The van der Waals surface area contributed by atoms with Crippen LogP contribution in [0.25, 0.3) is 0 Å². The molecule has 3 N–H and O–H groups in total. The molecule has 104 valence electrons. The molecule has 0 radical (unpaired) electrons. The van der Waals surface area contributed by atoms with Crippen LogP contribution in [0.4, 0.5) is 0 Å². The summed E-state index contributed by atoms with van der Waals surface area (Å²) >= 11 is 0. The van der Waals surface area contributed by atoms with E-state index in [0.29, 0.717) is 18.4 Å². The summed E-state index contributed by atoms with van der Waals surface area (Å²) in [5.74, 6) is 1.48. The van der Waals surface area contributed by atoms with Crippen molar-refractivity contribution in [2.24, 2.45) is 22.1 Å². The third-order valence-corrected chi connectivity index (χ3v) is 4.28. The Labute approximate surface area is 123 Å². The van der Waals surface area contributed by atoms with Gasteiger partial charge in [-0.05, 0) is 18.7 Å². The average Bonchev–Trinajstić information content (AvgIpc) is 2.50. The highest BCUT2D eigenvalue weighted by Gasteiger charge is 2.49. The van der Waals surface area contributed by atoms with E-state index < -0.39 is 11.3 Å². The first-order valence-corrected chi connectivity index (χ1v) is 6.73. The van der Waals surface area contributed by atoms with Crippen LogP contribution in [0.5, 0.6) is 0 Å². The van der Waals surface area contributed by atoms with Gasteiger partial charge in [0, 0.05) is 5.41 Å². The Balaban J connectivity index is 2.75. The fourth-order valence-corrected chi connectivity index (χ4v) is 3.31. The number of nitrogens with one attached hydrogen (secondary N) is 1. The predicted octanol–water partition coefficient (Wildman–Crippen LogP) is 1.92. The number of nitriles is 3. The lowest BCUT2D eigenvalue weighted by atomic mass is 9.60. The Morgan fingerprint density at radius 2 is 1.90 bits per heavy atom. The number of amidine groups is 1. The third-order valence-electron chi connectivity index (χ3n) is 4.28. The molecule has 2 rings (SSSR count). The molecule has 1 spiro atoms. The van der Waals surface area contributed by atoms with Gasteiger partial charge in [-0.25, -0.2) is 4.99 Å². The molecular formula is C15H14N6. The number of rotatable bonds is 1. The largest absolute Gasteiger partial charge is 0.386 e. The van der Waals surface area contributed by atoms with Crippen molar-refractivity contribution in [2.75, 3.05) is 0 Å².